The number of nitrogens with one attached hydrogen (secondary N) is 2. The van der Waals surface area contributed by atoms with Gasteiger partial charge in [-0.25, -0.2) is 10.3 Å². The number of fused-ring (bicyclic) bond motifs is 1. The number of unbranched alkanes of at least 4 members (excludes halogenated alkanes) is 2. The molecule has 1 unspecified atom stereocenters. The van der Waals surface area contributed by atoms with E-state index < -0.39 is 17.7 Å². The number of carbonyl (C=O) groups is 2. The van der Waals surface area contributed by atoms with Gasteiger partial charge >= 0.3 is 5.97 Å². The smallest absolute Gasteiger partial charge is 0.347 e. The van der Waals surface area contributed by atoms with E-state index >= 15 is 0 Å². The third-order valence-corrected chi connectivity index (χ3v) is 4.74. The third kappa shape index (κ3) is 3.71. The number of benzene rings is 1. The van der Waals surface area contributed by atoms with Crippen LogP contribution in [0.2, 0.25) is 5.02 Å². The largest absolute Gasteiger partial charge is 0.425 e. The minimum Gasteiger partial charge on any atom is -0.425 e. The Bertz CT molecular complexity index is 920. The predicted octanol–water partition coefficient (Wildman–Crippen LogP) is 3.08. The van der Waals surface area contributed by atoms with Gasteiger partial charge in [0.25, 0.3) is 5.91 Å². The minimum absolute atomic E-state index is 0.102. The van der Waals surface area contributed by atoms with Crippen molar-refractivity contribution in [3.05, 3.63) is 40.6 Å². The van der Waals surface area contributed by atoms with Gasteiger partial charge < -0.3 is 14.8 Å². The lowest BCUT2D eigenvalue weighted by Crippen LogP contribution is -2.31. The molecule has 0 spiro atoms. The van der Waals surface area contributed by atoms with Crippen molar-refractivity contribution in [2.45, 2.75) is 38.4 Å². The molecular formula is C19H21ClN2O5. The van der Waals surface area contributed by atoms with Gasteiger partial charge in [-0.05, 0) is 24.6 Å². The summed E-state index contributed by atoms with van der Waals surface area (Å²) in [5.74, 6) is -3.56. The van der Waals surface area contributed by atoms with Crippen LogP contribution in [0.5, 0.6) is 0 Å². The monoisotopic (exact) mass is 392 g/mol. The number of rotatable bonds is 7. The summed E-state index contributed by atoms with van der Waals surface area (Å²) in [4.78, 5) is 32.5. The molecule has 0 bridgehead atoms. The van der Waals surface area contributed by atoms with Crippen molar-refractivity contribution in [2.75, 3.05) is 7.11 Å². The quantitative estimate of drug-likeness (QED) is 0.291. The Hall–Kier alpha value is -2.35. The van der Waals surface area contributed by atoms with Gasteiger partial charge in [0, 0.05) is 22.3 Å². The van der Waals surface area contributed by atoms with Crippen molar-refractivity contribution < 1.29 is 24.3 Å². The number of cyclic esters (lactones) is 1. The fourth-order valence-corrected chi connectivity index (χ4v) is 3.44. The molecule has 1 aromatic heterocycles. The van der Waals surface area contributed by atoms with E-state index in [0.717, 1.165) is 18.2 Å². The highest BCUT2D eigenvalue weighted by Crippen LogP contribution is 2.42. The van der Waals surface area contributed by atoms with E-state index in [1.54, 1.807) is 24.3 Å². The molecule has 3 rings (SSSR count). The van der Waals surface area contributed by atoms with E-state index in [2.05, 4.69) is 15.3 Å². The van der Waals surface area contributed by atoms with E-state index in [9.17, 15) is 14.7 Å². The van der Waals surface area contributed by atoms with Crippen LogP contribution in [0.15, 0.2) is 29.8 Å². The molecule has 0 aliphatic carbocycles. The lowest BCUT2D eigenvalue weighted by molar-refractivity contribution is -0.178. The lowest BCUT2D eigenvalue weighted by Gasteiger charge is -2.24. The van der Waals surface area contributed by atoms with Gasteiger partial charge in [0.2, 0.25) is 5.79 Å². The predicted molar refractivity (Wildman–Crippen MR) is 101 cm³/mol. The summed E-state index contributed by atoms with van der Waals surface area (Å²) < 4.78 is 5.24. The molecule has 1 aliphatic rings. The Balaban J connectivity index is 2.13. The maximum Gasteiger partial charge on any atom is 0.347 e. The zero-order valence-electron chi connectivity index (χ0n) is 15.1. The lowest BCUT2D eigenvalue weighted by atomic mass is 9.94. The number of ether oxygens (including phenoxy) is 1. The van der Waals surface area contributed by atoms with E-state index in [1.165, 1.54) is 7.11 Å². The van der Waals surface area contributed by atoms with Gasteiger partial charge in [-0.1, -0.05) is 37.4 Å². The summed E-state index contributed by atoms with van der Waals surface area (Å²) in [5, 5.41) is 12.5. The minimum atomic E-state index is -1.89. The zero-order chi connectivity index (χ0) is 19.6. The van der Waals surface area contributed by atoms with Crippen LogP contribution >= 0.6 is 11.6 Å². The number of hydrogen-bond donors (Lipinski definition) is 3. The van der Waals surface area contributed by atoms with Crippen LogP contribution in [0.3, 0.4) is 0 Å². The first-order valence-corrected chi connectivity index (χ1v) is 9.10. The number of carbonyl (C=O) groups excluding carboxylic acids is 2. The first-order valence-electron chi connectivity index (χ1n) is 8.72. The van der Waals surface area contributed by atoms with Crippen LogP contribution < -0.4 is 5.48 Å². The molecule has 1 atom stereocenters. The molecule has 27 heavy (non-hydrogen) atoms. The van der Waals surface area contributed by atoms with E-state index in [0.29, 0.717) is 22.7 Å². The average Bonchev–Trinajstić information content (AvgIpc) is 3.12. The first-order chi connectivity index (χ1) is 12.9. The number of aromatic nitrogens is 1. The van der Waals surface area contributed by atoms with Crippen molar-refractivity contribution in [1.29, 1.82) is 0 Å². The number of H-pyrrole nitrogens is 1. The molecule has 1 amide bonds. The molecule has 3 N–H and O–H groups in total. The van der Waals surface area contributed by atoms with Crippen LogP contribution in [0.25, 0.3) is 16.5 Å². The van der Waals surface area contributed by atoms with Crippen LogP contribution in [-0.4, -0.2) is 34.9 Å². The molecule has 0 radical (unpaired) electrons. The summed E-state index contributed by atoms with van der Waals surface area (Å²) >= 11 is 6.03. The summed E-state index contributed by atoms with van der Waals surface area (Å²) in [6.45, 7) is 2.03. The van der Waals surface area contributed by atoms with Gasteiger partial charge in [0.15, 0.2) is 0 Å². The molecule has 2 aromatic rings. The fourth-order valence-electron chi connectivity index (χ4n) is 3.27. The summed E-state index contributed by atoms with van der Waals surface area (Å²) in [5.41, 5.74) is 3.07. The Kier molecular flexibility index (Phi) is 5.55. The molecule has 1 aromatic carbocycles. The Morgan fingerprint density at radius 1 is 1.37 bits per heavy atom. The maximum absolute atomic E-state index is 12.4. The summed E-state index contributed by atoms with van der Waals surface area (Å²) in [6.07, 6.45) is 2.61. The van der Waals surface area contributed by atoms with Crippen molar-refractivity contribution >= 4 is 40.0 Å². The van der Waals surface area contributed by atoms with E-state index in [4.69, 9.17) is 16.3 Å². The number of aliphatic hydroxyl groups is 1. The summed E-state index contributed by atoms with van der Waals surface area (Å²) in [6, 6.07) is 7.01. The topological polar surface area (TPSA) is 101 Å². The van der Waals surface area contributed by atoms with Gasteiger partial charge in [-0.3, -0.25) is 9.63 Å². The van der Waals surface area contributed by atoms with Crippen LogP contribution in [-0.2, 0) is 19.2 Å². The van der Waals surface area contributed by atoms with Gasteiger partial charge in [-0.2, -0.15) is 0 Å². The number of hydrogen-bond acceptors (Lipinski definition) is 5. The van der Waals surface area contributed by atoms with Gasteiger partial charge in [-0.15, -0.1) is 0 Å². The normalized spacial score (nSPS) is 19.6. The molecular weight excluding hydrogens is 372 g/mol. The van der Waals surface area contributed by atoms with Gasteiger partial charge in [0.1, 0.15) is 5.57 Å². The second-order valence-electron chi connectivity index (χ2n) is 6.43. The number of amides is 1. The highest BCUT2D eigenvalue weighted by molar-refractivity contribution is 6.31. The Morgan fingerprint density at radius 2 is 2.15 bits per heavy atom. The molecule has 1 aliphatic heterocycles. The average molecular weight is 393 g/mol. The second-order valence-corrected chi connectivity index (χ2v) is 6.87. The molecule has 0 fully saturated rings. The molecule has 7 nitrogen and oxygen atoms in total. The number of aromatic amines is 1. The van der Waals surface area contributed by atoms with Crippen LogP contribution in [0, 0.1) is 0 Å². The summed E-state index contributed by atoms with van der Waals surface area (Å²) in [7, 11) is 1.26. The highest BCUT2D eigenvalue weighted by Gasteiger charge is 2.49. The van der Waals surface area contributed by atoms with Crippen molar-refractivity contribution in [2.24, 2.45) is 0 Å². The maximum atomic E-state index is 12.4. The van der Waals surface area contributed by atoms with Crippen molar-refractivity contribution in [3.63, 3.8) is 0 Å². The Labute approximate surface area is 161 Å². The van der Waals surface area contributed by atoms with Crippen LogP contribution in [0.1, 0.15) is 38.3 Å². The molecule has 144 valence electrons. The molecule has 8 heteroatoms. The van der Waals surface area contributed by atoms with E-state index in [-0.39, 0.29) is 17.6 Å². The van der Waals surface area contributed by atoms with Gasteiger partial charge in [0.05, 0.1) is 18.4 Å². The SMILES string of the molecule is CCCCCC1(O)OC(=O)C(C(=O)NOC)=C1c1cc2ccc(Cl)cc2[nH]1. The van der Waals surface area contributed by atoms with Crippen molar-refractivity contribution in [3.8, 4) is 0 Å². The number of esters is 1. The molecule has 0 saturated heterocycles. The highest BCUT2D eigenvalue weighted by atomic mass is 35.5. The second kappa shape index (κ2) is 7.72. The molecule has 2 heterocycles. The first kappa shape index (κ1) is 19.4. The standard InChI is InChI=1S/C19H21ClN2O5/c1-3-4-5-8-19(25)16(15(18(24)27-19)17(23)22-26-2)14-9-11-6-7-12(20)10-13(11)21-14/h6-7,9-10,21,25H,3-5,8H2,1-2H3,(H,22,23). The molecule has 0 saturated carbocycles. The van der Waals surface area contributed by atoms with Crippen LogP contribution in [0.4, 0.5) is 0 Å². The van der Waals surface area contributed by atoms with Crippen molar-refractivity contribution in [1.82, 2.24) is 10.5 Å². The fraction of sp³-hybridized carbons (Fsp3) is 0.368. The Morgan fingerprint density at radius 3 is 2.85 bits per heavy atom. The van der Waals surface area contributed by atoms with E-state index in [1.807, 2.05) is 6.92 Å². The zero-order valence-corrected chi connectivity index (χ0v) is 15.9. The number of halogens is 1. The third-order valence-electron chi connectivity index (χ3n) is 4.50. The number of hydroxylamine groups is 1.